The van der Waals surface area contributed by atoms with Gasteiger partial charge in [-0.05, 0) is 36.8 Å². The number of benzene rings is 3. The summed E-state index contributed by atoms with van der Waals surface area (Å²) in [7, 11) is 1.47. The Hall–Kier alpha value is -4.93. The summed E-state index contributed by atoms with van der Waals surface area (Å²) in [4.78, 5) is 49.1. The Morgan fingerprint density at radius 3 is 2.57 bits per heavy atom. The summed E-state index contributed by atoms with van der Waals surface area (Å²) in [5.74, 6) is -0.0449. The molecule has 3 aromatic carbocycles. The van der Waals surface area contributed by atoms with Crippen LogP contribution in [0.1, 0.15) is 40.0 Å². The van der Waals surface area contributed by atoms with E-state index in [-0.39, 0.29) is 40.1 Å². The molecule has 3 N–H and O–H groups in total. The Kier molecular flexibility index (Phi) is 7.95. The minimum absolute atomic E-state index is 0.0461. The van der Waals surface area contributed by atoms with E-state index in [9.17, 15) is 14.4 Å². The third-order valence-corrected chi connectivity index (χ3v) is 9.17. The number of nitrogens with two attached hydrogens (primary N) is 1. The molecule has 6 rings (SSSR count). The van der Waals surface area contributed by atoms with E-state index >= 15 is 0 Å². The van der Waals surface area contributed by atoms with E-state index in [1.54, 1.807) is 74.5 Å². The number of aromatic nitrogens is 2. The molecule has 2 atom stereocenters. The number of carbonyl (C=O) groups is 3. The number of primary amides is 1. The highest BCUT2D eigenvalue weighted by molar-refractivity contribution is 6.43. The number of nitrogens with one attached hydrogen (secondary N) is 1. The van der Waals surface area contributed by atoms with E-state index in [0.717, 1.165) is 6.29 Å². The summed E-state index contributed by atoms with van der Waals surface area (Å²) in [5, 5.41) is 3.40. The zero-order valence-corrected chi connectivity index (χ0v) is 26.5. The summed E-state index contributed by atoms with van der Waals surface area (Å²) in [5.41, 5.74) is 6.10. The van der Waals surface area contributed by atoms with Gasteiger partial charge in [0.1, 0.15) is 40.9 Å². The van der Waals surface area contributed by atoms with Gasteiger partial charge in [0.15, 0.2) is 17.0 Å². The van der Waals surface area contributed by atoms with Crippen molar-refractivity contribution in [2.75, 3.05) is 20.3 Å². The van der Waals surface area contributed by atoms with E-state index in [0.29, 0.717) is 45.2 Å². The largest absolute Gasteiger partial charge is 0.494 e. The van der Waals surface area contributed by atoms with Crippen molar-refractivity contribution in [3.05, 3.63) is 105 Å². The van der Waals surface area contributed by atoms with Gasteiger partial charge in [0.05, 0.1) is 22.8 Å². The molecule has 0 radical (unpaired) electrons. The first kappa shape index (κ1) is 31.1. The predicted molar refractivity (Wildman–Crippen MR) is 173 cm³/mol. The van der Waals surface area contributed by atoms with Gasteiger partial charge in [-0.25, -0.2) is 9.97 Å². The molecular formula is C34H28Cl2N4O6. The molecule has 46 heavy (non-hydrogen) atoms. The Morgan fingerprint density at radius 1 is 1.11 bits per heavy atom. The topological polar surface area (TPSA) is 147 Å². The Bertz CT molecular complexity index is 2030. The van der Waals surface area contributed by atoms with Crippen molar-refractivity contribution in [2.24, 2.45) is 5.73 Å². The third-order valence-electron chi connectivity index (χ3n) is 8.35. The molecule has 10 nitrogen and oxygen atoms in total. The number of amides is 2. The highest BCUT2D eigenvalue weighted by Gasteiger charge is 2.46. The number of aldehydes is 1. The van der Waals surface area contributed by atoms with E-state index < -0.39 is 22.6 Å². The van der Waals surface area contributed by atoms with E-state index in [1.165, 1.54) is 7.11 Å². The molecule has 0 fully saturated rings. The zero-order valence-electron chi connectivity index (χ0n) is 25.0. The van der Waals surface area contributed by atoms with Crippen molar-refractivity contribution in [2.45, 2.75) is 24.7 Å². The summed E-state index contributed by atoms with van der Waals surface area (Å²) >= 11 is 13.0. The van der Waals surface area contributed by atoms with Crippen LogP contribution >= 0.6 is 23.2 Å². The fraction of sp³-hybridized carbons (Fsp3) is 0.206. The van der Waals surface area contributed by atoms with E-state index in [2.05, 4.69) is 10.3 Å². The summed E-state index contributed by atoms with van der Waals surface area (Å²) < 4.78 is 17.1. The van der Waals surface area contributed by atoms with Crippen LogP contribution in [0.2, 0.25) is 10.0 Å². The molecule has 2 amide bonds. The third kappa shape index (κ3) is 5.03. The number of pyridine rings is 1. The smallest absolute Gasteiger partial charge is 0.251 e. The Balaban J connectivity index is 1.52. The highest BCUT2D eigenvalue weighted by Crippen LogP contribution is 2.48. The summed E-state index contributed by atoms with van der Waals surface area (Å²) in [6, 6.07) is 18.7. The number of carbonyl (C=O) groups excluding carboxylic acids is 3. The maximum absolute atomic E-state index is 13.7. The number of hydrogen-bond acceptors (Lipinski definition) is 8. The Morgan fingerprint density at radius 2 is 1.87 bits per heavy atom. The standard InChI is InChI=1S/C34H28Cl2N4O6/c1-18-39-29-24(44-3)12-19(13-25(29)46-18)31(42)38-15-34(16-41,20-8-5-4-6-9-20)26-14-22-30(45-17-33(22,2)32(37)43)28(40-26)21-10-7-11-23(35)27(21)36/h4-14,16H,15,17H2,1-3H3,(H2,37,43)(H,38,42)/t33-,34+/m0/s1. The second-order valence-electron chi connectivity index (χ2n) is 11.2. The van der Waals surface area contributed by atoms with E-state index in [4.69, 9.17) is 47.8 Å². The van der Waals surface area contributed by atoms with Gasteiger partial charge in [-0.2, -0.15) is 0 Å². The number of ether oxygens (including phenoxy) is 2. The molecule has 0 aliphatic carbocycles. The second-order valence-corrected chi connectivity index (χ2v) is 12.0. The lowest BCUT2D eigenvalue weighted by Crippen LogP contribution is -2.44. The first-order chi connectivity index (χ1) is 22.0. The average Bonchev–Trinajstić information content (AvgIpc) is 3.62. The van der Waals surface area contributed by atoms with Gasteiger partial charge in [0, 0.05) is 30.2 Å². The fourth-order valence-corrected chi connectivity index (χ4v) is 6.04. The molecule has 5 aromatic rings. The lowest BCUT2D eigenvalue weighted by atomic mass is 9.75. The molecule has 0 spiro atoms. The molecule has 0 unspecified atom stereocenters. The number of rotatable bonds is 9. The van der Waals surface area contributed by atoms with Crippen LogP contribution in [-0.4, -0.2) is 48.3 Å². The van der Waals surface area contributed by atoms with Gasteiger partial charge in [-0.1, -0.05) is 65.7 Å². The number of aryl methyl sites for hydroxylation is 1. The van der Waals surface area contributed by atoms with Crippen molar-refractivity contribution >= 4 is 52.4 Å². The SMILES string of the molecule is COc1cc(C(=O)NC[C@@](C=O)(c2ccccc2)c2cc3c(c(-c4cccc(Cl)c4Cl)n2)OC[C@]3(C)C(N)=O)cc2oc(C)nc12. The normalized spacial score (nSPS) is 16.7. The predicted octanol–water partition coefficient (Wildman–Crippen LogP) is 5.56. The quantitative estimate of drug-likeness (QED) is 0.196. The molecule has 2 aromatic heterocycles. The van der Waals surface area contributed by atoms with Gasteiger partial charge >= 0.3 is 0 Å². The minimum Gasteiger partial charge on any atom is -0.494 e. The van der Waals surface area contributed by atoms with Gasteiger partial charge in [0.2, 0.25) is 5.91 Å². The number of nitrogens with zero attached hydrogens (tertiary/aromatic N) is 2. The summed E-state index contributed by atoms with van der Waals surface area (Å²) in [6.07, 6.45) is 0.724. The minimum atomic E-state index is -1.54. The molecule has 234 valence electrons. The van der Waals surface area contributed by atoms with Crippen LogP contribution in [0.25, 0.3) is 22.4 Å². The van der Waals surface area contributed by atoms with E-state index in [1.807, 2.05) is 6.07 Å². The highest BCUT2D eigenvalue weighted by atomic mass is 35.5. The van der Waals surface area contributed by atoms with Gasteiger partial charge in [-0.3, -0.25) is 9.59 Å². The van der Waals surface area contributed by atoms with Gasteiger partial charge in [-0.15, -0.1) is 0 Å². The lowest BCUT2D eigenvalue weighted by Gasteiger charge is -2.30. The molecule has 12 heteroatoms. The van der Waals surface area contributed by atoms with Crippen molar-refractivity contribution in [3.8, 4) is 22.8 Å². The van der Waals surface area contributed by atoms with Crippen LogP contribution in [-0.2, 0) is 20.4 Å². The molecule has 0 saturated carbocycles. The molecule has 1 aliphatic heterocycles. The first-order valence-electron chi connectivity index (χ1n) is 14.2. The molecule has 1 aliphatic rings. The van der Waals surface area contributed by atoms with Crippen LogP contribution in [0.5, 0.6) is 11.5 Å². The molecular weight excluding hydrogens is 631 g/mol. The summed E-state index contributed by atoms with van der Waals surface area (Å²) in [6.45, 7) is 3.10. The maximum Gasteiger partial charge on any atom is 0.251 e. The lowest BCUT2D eigenvalue weighted by molar-refractivity contribution is -0.123. The molecule has 3 heterocycles. The maximum atomic E-state index is 13.7. The van der Waals surface area contributed by atoms with Crippen molar-refractivity contribution < 1.29 is 28.3 Å². The van der Waals surface area contributed by atoms with Crippen molar-refractivity contribution in [3.63, 3.8) is 0 Å². The van der Waals surface area contributed by atoms with Crippen LogP contribution in [0, 0.1) is 6.92 Å². The Labute approximate surface area is 273 Å². The van der Waals surface area contributed by atoms with Crippen molar-refractivity contribution in [1.82, 2.24) is 15.3 Å². The fourth-order valence-electron chi connectivity index (χ4n) is 5.65. The second kappa shape index (κ2) is 11.8. The monoisotopic (exact) mass is 658 g/mol. The number of fused-ring (bicyclic) bond motifs is 2. The van der Waals surface area contributed by atoms with Gasteiger partial charge in [0.25, 0.3) is 5.91 Å². The number of hydrogen-bond donors (Lipinski definition) is 2. The molecule has 0 bridgehead atoms. The molecule has 0 saturated heterocycles. The van der Waals surface area contributed by atoms with Crippen LogP contribution in [0.15, 0.2) is 71.1 Å². The van der Waals surface area contributed by atoms with Crippen LogP contribution in [0.4, 0.5) is 0 Å². The van der Waals surface area contributed by atoms with Crippen molar-refractivity contribution in [1.29, 1.82) is 0 Å². The number of halogens is 2. The number of methoxy groups -OCH3 is 1. The average molecular weight is 660 g/mol. The zero-order chi connectivity index (χ0) is 32.8. The van der Waals surface area contributed by atoms with Crippen LogP contribution in [0.3, 0.4) is 0 Å². The van der Waals surface area contributed by atoms with Crippen LogP contribution < -0.4 is 20.5 Å². The van der Waals surface area contributed by atoms with Gasteiger partial charge < -0.3 is 29.7 Å². The number of oxazole rings is 1. The first-order valence-corrected chi connectivity index (χ1v) is 15.0.